The molecule has 0 radical (unpaired) electrons. The number of halogens is 4. The minimum Gasteiger partial charge on any atom is -0.481 e. The maximum atomic E-state index is 14.8. The van der Waals surface area contributed by atoms with E-state index in [2.05, 4.69) is 14.7 Å². The molecule has 33 heavy (non-hydrogen) atoms. The van der Waals surface area contributed by atoms with Gasteiger partial charge in [-0.25, -0.2) is 9.37 Å². The molecule has 1 N–H and O–H groups in total. The highest BCUT2D eigenvalue weighted by Crippen LogP contribution is 2.33. The van der Waals surface area contributed by atoms with Gasteiger partial charge in [-0.1, -0.05) is 0 Å². The van der Waals surface area contributed by atoms with Crippen LogP contribution < -0.4 is 4.90 Å². The predicted octanol–water partition coefficient (Wildman–Crippen LogP) is 4.15. The highest BCUT2D eigenvalue weighted by molar-refractivity contribution is 5.87. The van der Waals surface area contributed by atoms with Crippen molar-refractivity contribution in [2.45, 2.75) is 25.6 Å². The number of fused-ring (bicyclic) bond motifs is 1. The van der Waals surface area contributed by atoms with Crippen molar-refractivity contribution in [1.29, 1.82) is 0 Å². The zero-order chi connectivity index (χ0) is 23.8. The standard InChI is InChI=1S/C22H22F4N4O3/c1-29-6-4-16-17(23)10-14(11-18(16)29)19-20(30-7-2-13(3-8-30)21(31)32)28-15(12-27-19)5-9-33-22(24,25)26/h4,6,10-13H,2-3,5,7-9H2,1H3,(H,31,32). The van der Waals surface area contributed by atoms with Crippen LogP contribution in [-0.2, 0) is 23.0 Å². The second-order valence-corrected chi connectivity index (χ2v) is 7.99. The van der Waals surface area contributed by atoms with Gasteiger partial charge in [0, 0.05) is 49.9 Å². The molecule has 1 fully saturated rings. The Morgan fingerprint density at radius 3 is 2.67 bits per heavy atom. The number of carboxylic acid groups (broad SMARTS) is 1. The minimum absolute atomic E-state index is 0.114. The van der Waals surface area contributed by atoms with Crippen LogP contribution in [0.5, 0.6) is 0 Å². The number of nitrogens with zero attached hydrogens (tertiary/aromatic N) is 4. The number of rotatable bonds is 6. The number of piperidine rings is 1. The molecule has 4 rings (SSSR count). The van der Waals surface area contributed by atoms with Gasteiger partial charge in [0.2, 0.25) is 0 Å². The molecule has 0 amide bonds. The van der Waals surface area contributed by atoms with E-state index in [0.717, 1.165) is 0 Å². The third-order valence-electron chi connectivity index (χ3n) is 5.80. The number of aromatic nitrogens is 3. The maximum Gasteiger partial charge on any atom is 0.522 e. The molecule has 1 aliphatic rings. The van der Waals surface area contributed by atoms with Crippen molar-refractivity contribution in [2.75, 3.05) is 24.6 Å². The van der Waals surface area contributed by atoms with Crippen molar-refractivity contribution in [3.63, 3.8) is 0 Å². The van der Waals surface area contributed by atoms with Gasteiger partial charge in [-0.05, 0) is 31.0 Å². The smallest absolute Gasteiger partial charge is 0.481 e. The largest absolute Gasteiger partial charge is 0.522 e. The van der Waals surface area contributed by atoms with E-state index in [1.165, 1.54) is 12.3 Å². The molecule has 1 aromatic carbocycles. The Balaban J connectivity index is 1.70. The van der Waals surface area contributed by atoms with Crippen LogP contribution in [0.25, 0.3) is 22.2 Å². The van der Waals surface area contributed by atoms with E-state index in [0.29, 0.717) is 59.6 Å². The van der Waals surface area contributed by atoms with Crippen molar-refractivity contribution < 1.29 is 32.2 Å². The van der Waals surface area contributed by atoms with Gasteiger partial charge in [-0.15, -0.1) is 13.2 Å². The highest BCUT2D eigenvalue weighted by Gasteiger charge is 2.30. The highest BCUT2D eigenvalue weighted by atomic mass is 19.4. The van der Waals surface area contributed by atoms with Gasteiger partial charge < -0.3 is 14.6 Å². The fourth-order valence-corrected chi connectivity index (χ4v) is 4.03. The Morgan fingerprint density at radius 1 is 1.27 bits per heavy atom. The molecule has 0 saturated carbocycles. The first-order valence-electron chi connectivity index (χ1n) is 10.4. The average molecular weight is 466 g/mol. The molecular formula is C22H22F4N4O3. The fourth-order valence-electron chi connectivity index (χ4n) is 4.03. The molecule has 0 atom stereocenters. The van der Waals surface area contributed by atoms with Gasteiger partial charge in [0.25, 0.3) is 0 Å². The fraction of sp³-hybridized carbons (Fsp3) is 0.409. The van der Waals surface area contributed by atoms with E-state index in [1.807, 2.05) is 4.90 Å². The monoisotopic (exact) mass is 466 g/mol. The summed E-state index contributed by atoms with van der Waals surface area (Å²) in [6.45, 7) is 0.161. The Labute approximate surface area is 186 Å². The van der Waals surface area contributed by atoms with E-state index in [-0.39, 0.29) is 6.42 Å². The van der Waals surface area contributed by atoms with E-state index < -0.39 is 30.7 Å². The Morgan fingerprint density at radius 2 is 2.00 bits per heavy atom. The van der Waals surface area contributed by atoms with Gasteiger partial charge in [0.05, 0.1) is 23.7 Å². The summed E-state index contributed by atoms with van der Waals surface area (Å²) in [6, 6.07) is 4.80. The molecular weight excluding hydrogens is 444 g/mol. The number of carbonyl (C=O) groups is 1. The van der Waals surface area contributed by atoms with Crippen LogP contribution in [0.1, 0.15) is 18.5 Å². The van der Waals surface area contributed by atoms with E-state index >= 15 is 0 Å². The van der Waals surface area contributed by atoms with Crippen LogP contribution in [0.4, 0.5) is 23.4 Å². The molecule has 176 valence electrons. The lowest BCUT2D eigenvalue weighted by Gasteiger charge is -2.32. The Hall–Kier alpha value is -3.21. The average Bonchev–Trinajstić information content (AvgIpc) is 3.14. The molecule has 3 aromatic rings. The van der Waals surface area contributed by atoms with Crippen LogP contribution in [-0.4, -0.2) is 51.7 Å². The number of alkyl halides is 3. The molecule has 1 saturated heterocycles. The van der Waals surface area contributed by atoms with Crippen LogP contribution in [0.2, 0.25) is 0 Å². The number of benzene rings is 1. The first-order valence-corrected chi connectivity index (χ1v) is 10.4. The van der Waals surface area contributed by atoms with E-state index in [4.69, 9.17) is 0 Å². The van der Waals surface area contributed by atoms with Gasteiger partial charge in [-0.3, -0.25) is 14.5 Å². The van der Waals surface area contributed by atoms with Crippen molar-refractivity contribution in [3.05, 3.63) is 42.1 Å². The quantitative estimate of drug-likeness (QED) is 0.550. The normalized spacial score (nSPS) is 15.4. The van der Waals surface area contributed by atoms with Crippen LogP contribution in [0.15, 0.2) is 30.6 Å². The number of hydrogen-bond donors (Lipinski definition) is 1. The SMILES string of the molecule is Cn1ccc2c(F)cc(-c3ncc(CCOC(F)(F)F)nc3N3CCC(C(=O)O)CC3)cc21. The van der Waals surface area contributed by atoms with Crippen molar-refractivity contribution in [2.24, 2.45) is 13.0 Å². The summed E-state index contributed by atoms with van der Waals surface area (Å²) in [6.07, 6.45) is -0.972. The number of ether oxygens (including phenoxy) is 1. The first kappa shape index (κ1) is 23.0. The van der Waals surface area contributed by atoms with Crippen LogP contribution in [0, 0.1) is 11.7 Å². The second kappa shape index (κ2) is 8.97. The molecule has 7 nitrogen and oxygen atoms in total. The Bertz CT molecular complexity index is 1170. The third kappa shape index (κ3) is 5.08. The predicted molar refractivity (Wildman–Crippen MR) is 112 cm³/mol. The number of aliphatic carboxylic acids is 1. The van der Waals surface area contributed by atoms with Gasteiger partial charge in [0.1, 0.15) is 11.5 Å². The lowest BCUT2D eigenvalue weighted by atomic mass is 9.96. The lowest BCUT2D eigenvalue weighted by molar-refractivity contribution is -0.324. The second-order valence-electron chi connectivity index (χ2n) is 7.99. The van der Waals surface area contributed by atoms with Crippen LogP contribution in [0.3, 0.4) is 0 Å². The summed E-state index contributed by atoms with van der Waals surface area (Å²) < 4.78 is 57.4. The summed E-state index contributed by atoms with van der Waals surface area (Å²) in [5.74, 6) is -1.38. The van der Waals surface area contributed by atoms with E-state index in [1.54, 1.807) is 29.9 Å². The molecule has 11 heteroatoms. The molecule has 2 aromatic heterocycles. The molecule has 1 aliphatic heterocycles. The number of aryl methyl sites for hydroxylation is 1. The zero-order valence-corrected chi connectivity index (χ0v) is 17.8. The first-order chi connectivity index (χ1) is 15.6. The molecule has 0 aliphatic carbocycles. The van der Waals surface area contributed by atoms with Gasteiger partial charge in [-0.2, -0.15) is 0 Å². The maximum absolute atomic E-state index is 14.8. The molecule has 0 unspecified atom stereocenters. The molecule has 0 bridgehead atoms. The third-order valence-corrected chi connectivity index (χ3v) is 5.80. The lowest BCUT2D eigenvalue weighted by Crippen LogP contribution is -2.37. The number of anilines is 1. The molecule has 3 heterocycles. The summed E-state index contributed by atoms with van der Waals surface area (Å²) in [4.78, 5) is 22.1. The summed E-state index contributed by atoms with van der Waals surface area (Å²) in [5.41, 5.74) is 1.80. The van der Waals surface area contributed by atoms with Crippen molar-refractivity contribution in [3.8, 4) is 11.3 Å². The number of hydrogen-bond acceptors (Lipinski definition) is 5. The molecule has 0 spiro atoms. The van der Waals surface area contributed by atoms with Crippen LogP contribution >= 0.6 is 0 Å². The summed E-state index contributed by atoms with van der Waals surface area (Å²) >= 11 is 0. The minimum atomic E-state index is -4.74. The van der Waals surface area contributed by atoms with Crippen molar-refractivity contribution in [1.82, 2.24) is 14.5 Å². The van der Waals surface area contributed by atoms with Gasteiger partial charge >= 0.3 is 12.3 Å². The summed E-state index contributed by atoms with van der Waals surface area (Å²) in [7, 11) is 1.79. The summed E-state index contributed by atoms with van der Waals surface area (Å²) in [5, 5.41) is 9.73. The van der Waals surface area contributed by atoms with Crippen molar-refractivity contribution >= 4 is 22.7 Å². The number of carboxylic acids is 1. The van der Waals surface area contributed by atoms with E-state index in [9.17, 15) is 27.5 Å². The topological polar surface area (TPSA) is 80.5 Å². The zero-order valence-electron chi connectivity index (χ0n) is 17.8. The van der Waals surface area contributed by atoms with Gasteiger partial charge in [0.15, 0.2) is 5.82 Å². The Kier molecular flexibility index (Phi) is 6.24.